The molecule has 0 radical (unpaired) electrons. The Balaban J connectivity index is 2.04. The van der Waals surface area contributed by atoms with Crippen molar-refractivity contribution < 1.29 is 22.7 Å². The fourth-order valence-electron chi connectivity index (χ4n) is 4.05. The average molecular weight is 586 g/mol. The van der Waals surface area contributed by atoms with E-state index in [9.17, 15) is 18.0 Å². The van der Waals surface area contributed by atoms with Crippen molar-refractivity contribution in [2.75, 3.05) is 18.0 Å². The number of benzene rings is 3. The van der Waals surface area contributed by atoms with Crippen LogP contribution in [0.3, 0.4) is 0 Å². The van der Waals surface area contributed by atoms with Gasteiger partial charge in [0.05, 0.1) is 17.7 Å². The van der Waals surface area contributed by atoms with Crippen LogP contribution in [-0.2, 0) is 26.2 Å². The molecule has 0 aliphatic rings. The molecule has 2 atom stereocenters. The fraction of sp³-hybridized carbons (Fsp3) is 0.333. The van der Waals surface area contributed by atoms with Gasteiger partial charge in [0.2, 0.25) is 11.8 Å². The number of nitrogens with one attached hydrogen (secondary N) is 1. The summed E-state index contributed by atoms with van der Waals surface area (Å²) in [4.78, 5) is 28.5. The van der Waals surface area contributed by atoms with E-state index in [0.29, 0.717) is 10.8 Å². The SMILES string of the molecule is CC[C@@H](C)NC(=O)[C@H](C)N(Cc1ccccc1C)C(=O)CN(c1cccc(Cl)c1)S(=O)(=O)c1ccc(OC)cc1. The van der Waals surface area contributed by atoms with Crippen LogP contribution in [0, 0.1) is 6.92 Å². The highest BCUT2D eigenvalue weighted by Crippen LogP contribution is 2.28. The van der Waals surface area contributed by atoms with E-state index in [-0.39, 0.29) is 29.1 Å². The first kappa shape index (κ1) is 31.0. The highest BCUT2D eigenvalue weighted by molar-refractivity contribution is 7.92. The predicted molar refractivity (Wildman–Crippen MR) is 158 cm³/mol. The van der Waals surface area contributed by atoms with Crippen molar-refractivity contribution in [3.8, 4) is 5.75 Å². The molecule has 8 nitrogen and oxygen atoms in total. The number of aryl methyl sites for hydroxylation is 1. The lowest BCUT2D eigenvalue weighted by Crippen LogP contribution is -2.52. The van der Waals surface area contributed by atoms with Crippen LogP contribution in [0.1, 0.15) is 38.3 Å². The van der Waals surface area contributed by atoms with Gasteiger partial charge >= 0.3 is 0 Å². The van der Waals surface area contributed by atoms with Gasteiger partial charge in [-0.15, -0.1) is 0 Å². The van der Waals surface area contributed by atoms with E-state index in [1.54, 1.807) is 25.1 Å². The highest BCUT2D eigenvalue weighted by Gasteiger charge is 2.33. The van der Waals surface area contributed by atoms with Crippen molar-refractivity contribution in [1.29, 1.82) is 0 Å². The number of sulfonamides is 1. The standard InChI is InChI=1S/C30H36ClN3O5S/c1-6-22(3)32-30(36)23(4)33(19-24-11-8-7-10-21(24)2)29(35)20-34(26-13-9-12-25(31)18-26)40(37,38)28-16-14-27(39-5)15-17-28/h7-18,22-23H,6,19-20H2,1-5H3,(H,32,36)/t22-,23+/m1/s1. The summed E-state index contributed by atoms with van der Waals surface area (Å²) in [6.45, 7) is 7.01. The van der Waals surface area contributed by atoms with Crippen LogP contribution in [0.15, 0.2) is 77.7 Å². The molecule has 3 aromatic rings. The molecule has 0 saturated carbocycles. The van der Waals surface area contributed by atoms with Crippen LogP contribution in [0.5, 0.6) is 5.75 Å². The van der Waals surface area contributed by atoms with Gasteiger partial charge in [-0.05, 0) is 80.8 Å². The molecule has 0 spiro atoms. The van der Waals surface area contributed by atoms with Gasteiger partial charge in [0.25, 0.3) is 10.0 Å². The van der Waals surface area contributed by atoms with Crippen LogP contribution in [0.25, 0.3) is 0 Å². The van der Waals surface area contributed by atoms with Crippen molar-refractivity contribution in [3.05, 3.63) is 88.9 Å². The number of halogens is 1. The van der Waals surface area contributed by atoms with Crippen molar-refractivity contribution >= 4 is 39.1 Å². The van der Waals surface area contributed by atoms with E-state index in [2.05, 4.69) is 5.32 Å². The van der Waals surface area contributed by atoms with Crippen molar-refractivity contribution in [2.24, 2.45) is 0 Å². The number of hydrogen-bond donors (Lipinski definition) is 1. The van der Waals surface area contributed by atoms with Gasteiger partial charge < -0.3 is 15.0 Å². The quantitative estimate of drug-likeness (QED) is 0.316. The van der Waals surface area contributed by atoms with Crippen molar-refractivity contribution in [2.45, 2.75) is 57.6 Å². The Kier molecular flexibility index (Phi) is 10.6. The Morgan fingerprint density at radius 3 is 2.27 bits per heavy atom. The van der Waals surface area contributed by atoms with Crippen LogP contribution in [-0.4, -0.2) is 50.9 Å². The second-order valence-corrected chi connectivity index (χ2v) is 11.9. The molecule has 0 aliphatic heterocycles. The minimum Gasteiger partial charge on any atom is -0.497 e. The summed E-state index contributed by atoms with van der Waals surface area (Å²) >= 11 is 6.22. The third kappa shape index (κ3) is 7.55. The van der Waals surface area contributed by atoms with Gasteiger partial charge in [-0.25, -0.2) is 8.42 Å². The summed E-state index contributed by atoms with van der Waals surface area (Å²) in [5.74, 6) is -0.356. The third-order valence-electron chi connectivity index (χ3n) is 6.79. The van der Waals surface area contributed by atoms with E-state index in [4.69, 9.17) is 16.3 Å². The summed E-state index contributed by atoms with van der Waals surface area (Å²) in [5, 5.41) is 3.25. The molecule has 0 unspecified atom stereocenters. The van der Waals surface area contributed by atoms with Gasteiger partial charge in [-0.2, -0.15) is 0 Å². The number of carbonyl (C=O) groups excluding carboxylic acids is 2. The van der Waals surface area contributed by atoms with Gasteiger partial charge in [0.1, 0.15) is 18.3 Å². The first-order chi connectivity index (χ1) is 19.0. The average Bonchev–Trinajstić information content (AvgIpc) is 2.94. The minimum atomic E-state index is -4.20. The Hall–Kier alpha value is -3.56. The maximum atomic E-state index is 14.0. The zero-order valence-corrected chi connectivity index (χ0v) is 25.0. The molecule has 1 N–H and O–H groups in total. The summed E-state index contributed by atoms with van der Waals surface area (Å²) in [5.41, 5.74) is 2.03. The molecular formula is C30H36ClN3O5S. The molecule has 2 amide bonds. The van der Waals surface area contributed by atoms with Crippen LogP contribution >= 0.6 is 11.6 Å². The Bertz CT molecular complexity index is 1430. The first-order valence-corrected chi connectivity index (χ1v) is 14.9. The van der Waals surface area contributed by atoms with Crippen molar-refractivity contribution in [3.63, 3.8) is 0 Å². The molecular weight excluding hydrogens is 550 g/mol. The molecule has 214 valence electrons. The van der Waals surface area contributed by atoms with Crippen LogP contribution < -0.4 is 14.4 Å². The number of amides is 2. The Morgan fingerprint density at radius 2 is 1.68 bits per heavy atom. The van der Waals surface area contributed by atoms with Crippen LogP contribution in [0.4, 0.5) is 5.69 Å². The first-order valence-electron chi connectivity index (χ1n) is 13.0. The van der Waals surface area contributed by atoms with E-state index in [1.165, 1.54) is 42.3 Å². The molecule has 0 aliphatic carbocycles. The number of ether oxygens (including phenoxy) is 1. The predicted octanol–water partition coefficient (Wildman–Crippen LogP) is 5.18. The number of nitrogens with zero attached hydrogens (tertiary/aromatic N) is 2. The fourth-order valence-corrected chi connectivity index (χ4v) is 5.64. The zero-order chi connectivity index (χ0) is 29.4. The Labute approximate surface area is 241 Å². The Morgan fingerprint density at radius 1 is 1.00 bits per heavy atom. The van der Waals surface area contributed by atoms with Gasteiger partial charge in [0, 0.05) is 17.6 Å². The van der Waals surface area contributed by atoms with Gasteiger partial charge in [-0.3, -0.25) is 13.9 Å². The molecule has 0 heterocycles. The number of anilines is 1. The van der Waals surface area contributed by atoms with Crippen LogP contribution in [0.2, 0.25) is 5.02 Å². The molecule has 10 heteroatoms. The molecule has 0 bridgehead atoms. The maximum absolute atomic E-state index is 14.0. The van der Waals surface area contributed by atoms with Crippen molar-refractivity contribution in [1.82, 2.24) is 10.2 Å². The number of hydrogen-bond acceptors (Lipinski definition) is 5. The van der Waals surface area contributed by atoms with E-state index >= 15 is 0 Å². The molecule has 3 rings (SSSR count). The largest absolute Gasteiger partial charge is 0.497 e. The lowest BCUT2D eigenvalue weighted by molar-refractivity contribution is -0.139. The zero-order valence-electron chi connectivity index (χ0n) is 23.4. The molecule has 0 fully saturated rings. The number of methoxy groups -OCH3 is 1. The summed E-state index contributed by atoms with van der Waals surface area (Å²) in [6, 6.07) is 18.9. The lowest BCUT2D eigenvalue weighted by atomic mass is 10.1. The second kappa shape index (κ2) is 13.7. The third-order valence-corrected chi connectivity index (χ3v) is 8.82. The lowest BCUT2D eigenvalue weighted by Gasteiger charge is -2.32. The number of carbonyl (C=O) groups is 2. The summed E-state index contributed by atoms with van der Waals surface area (Å²) < 4.78 is 34.0. The number of rotatable bonds is 12. The van der Waals surface area contributed by atoms with Gasteiger partial charge in [0.15, 0.2) is 0 Å². The minimum absolute atomic E-state index is 0.0194. The second-order valence-electron chi connectivity index (χ2n) is 9.61. The molecule has 0 aromatic heterocycles. The van der Waals surface area contributed by atoms with Gasteiger partial charge in [-0.1, -0.05) is 48.9 Å². The normalized spacial score (nSPS) is 12.8. The monoisotopic (exact) mass is 585 g/mol. The summed E-state index contributed by atoms with van der Waals surface area (Å²) in [7, 11) is -2.72. The highest BCUT2D eigenvalue weighted by atomic mass is 35.5. The summed E-state index contributed by atoms with van der Waals surface area (Å²) in [6.07, 6.45) is 0.729. The van der Waals surface area contributed by atoms with E-state index in [1.807, 2.05) is 45.0 Å². The topological polar surface area (TPSA) is 96.0 Å². The maximum Gasteiger partial charge on any atom is 0.264 e. The smallest absolute Gasteiger partial charge is 0.264 e. The molecule has 40 heavy (non-hydrogen) atoms. The molecule has 0 saturated heterocycles. The molecule has 3 aromatic carbocycles. The van der Waals surface area contributed by atoms with E-state index in [0.717, 1.165) is 21.9 Å². The van der Waals surface area contributed by atoms with E-state index < -0.39 is 28.5 Å².